The van der Waals surface area contributed by atoms with Crippen LogP contribution in [0.25, 0.3) is 10.9 Å². The van der Waals surface area contributed by atoms with E-state index < -0.39 is 0 Å². The lowest BCUT2D eigenvalue weighted by Gasteiger charge is -2.13. The van der Waals surface area contributed by atoms with Gasteiger partial charge in [0.1, 0.15) is 0 Å². The van der Waals surface area contributed by atoms with Gasteiger partial charge in [-0.3, -0.25) is 9.98 Å². The van der Waals surface area contributed by atoms with Crippen LogP contribution >= 0.6 is 24.0 Å². The highest BCUT2D eigenvalue weighted by Gasteiger charge is 2.03. The highest BCUT2D eigenvalue weighted by molar-refractivity contribution is 14.0. The Morgan fingerprint density at radius 1 is 1.12 bits per heavy atom. The third kappa shape index (κ3) is 7.56. The third-order valence-electron chi connectivity index (χ3n) is 3.81. The topological polar surface area (TPSA) is 58.5 Å². The molecule has 2 rings (SSSR count). The number of aliphatic imine (C=N–C) groups is 1. The minimum absolute atomic E-state index is 0. The van der Waals surface area contributed by atoms with Crippen LogP contribution in [-0.2, 0) is 11.3 Å². The van der Waals surface area contributed by atoms with Crippen LogP contribution in [0, 0.1) is 0 Å². The van der Waals surface area contributed by atoms with E-state index in [4.69, 9.17) is 4.74 Å². The Kier molecular flexibility index (Phi) is 11.1. The largest absolute Gasteiger partial charge is 0.381 e. The molecule has 0 unspecified atom stereocenters. The molecule has 0 amide bonds. The van der Waals surface area contributed by atoms with Crippen LogP contribution in [0.4, 0.5) is 0 Å². The van der Waals surface area contributed by atoms with Crippen LogP contribution in [0.1, 0.15) is 31.7 Å². The van der Waals surface area contributed by atoms with E-state index >= 15 is 0 Å². The molecule has 0 spiro atoms. The molecule has 2 aromatic rings. The van der Waals surface area contributed by atoms with Gasteiger partial charge in [0.2, 0.25) is 0 Å². The van der Waals surface area contributed by atoms with Crippen LogP contribution < -0.4 is 10.6 Å². The summed E-state index contributed by atoms with van der Waals surface area (Å²) in [5.41, 5.74) is 2.23. The fourth-order valence-electron chi connectivity index (χ4n) is 2.44. The molecule has 0 saturated heterocycles. The number of guanidine groups is 1. The van der Waals surface area contributed by atoms with Gasteiger partial charge in [-0.1, -0.05) is 31.5 Å². The van der Waals surface area contributed by atoms with Crippen LogP contribution in [-0.4, -0.2) is 37.7 Å². The molecule has 0 saturated carbocycles. The second-order valence-electron chi connectivity index (χ2n) is 5.66. The number of ether oxygens (including phenoxy) is 1. The number of hydrogen-bond donors (Lipinski definition) is 2. The van der Waals surface area contributed by atoms with Crippen molar-refractivity contribution < 1.29 is 4.74 Å². The number of fused-ring (bicyclic) bond motifs is 1. The second kappa shape index (κ2) is 12.9. The monoisotopic (exact) mass is 456 g/mol. The van der Waals surface area contributed by atoms with Crippen LogP contribution in [0.3, 0.4) is 0 Å². The predicted octanol–water partition coefficient (Wildman–Crippen LogP) is 3.72. The maximum Gasteiger partial charge on any atom is 0.191 e. The number of nitrogens with zero attached hydrogens (tertiary/aromatic N) is 2. The number of para-hydroxylation sites is 1. The van der Waals surface area contributed by atoms with Gasteiger partial charge in [0.05, 0.1) is 5.52 Å². The normalized spacial score (nSPS) is 11.2. The van der Waals surface area contributed by atoms with Gasteiger partial charge in [0, 0.05) is 44.9 Å². The molecule has 2 N–H and O–H groups in total. The standard InChI is InChI=1S/C19H28N4O.HI/c1-3-4-13-24-14-7-11-22-19(20-2)23-15-16-10-12-21-18-9-6-5-8-17(16)18;/h5-6,8-10,12H,3-4,7,11,13-15H2,1-2H3,(H2,20,22,23);1H. The number of aromatic nitrogens is 1. The number of rotatable bonds is 9. The Labute approximate surface area is 167 Å². The average molecular weight is 456 g/mol. The molecule has 0 atom stereocenters. The first-order chi connectivity index (χ1) is 11.8. The minimum Gasteiger partial charge on any atom is -0.381 e. The van der Waals surface area contributed by atoms with Crippen LogP contribution in [0.5, 0.6) is 0 Å². The molecule has 1 aromatic heterocycles. The maximum absolute atomic E-state index is 5.56. The molecule has 1 aromatic carbocycles. The Morgan fingerprint density at radius 2 is 1.92 bits per heavy atom. The van der Waals surface area contributed by atoms with Gasteiger partial charge in [-0.25, -0.2) is 0 Å². The summed E-state index contributed by atoms with van der Waals surface area (Å²) in [5, 5.41) is 7.85. The molecule has 0 radical (unpaired) electrons. The zero-order valence-corrected chi connectivity index (χ0v) is 17.5. The summed E-state index contributed by atoms with van der Waals surface area (Å²) in [6.45, 7) is 5.39. The lowest BCUT2D eigenvalue weighted by molar-refractivity contribution is 0.129. The van der Waals surface area contributed by atoms with E-state index in [0.717, 1.165) is 50.6 Å². The first kappa shape index (κ1) is 21.6. The van der Waals surface area contributed by atoms with Gasteiger partial charge in [0.15, 0.2) is 5.96 Å². The molecular weight excluding hydrogens is 427 g/mol. The number of nitrogens with one attached hydrogen (secondary N) is 2. The molecule has 0 aliphatic heterocycles. The number of unbranched alkanes of at least 4 members (excludes halogenated alkanes) is 1. The van der Waals surface area contributed by atoms with Gasteiger partial charge in [-0.2, -0.15) is 0 Å². The Bertz CT molecular complexity index is 643. The number of pyridine rings is 1. The van der Waals surface area contributed by atoms with Crippen molar-refractivity contribution in [3.8, 4) is 0 Å². The predicted molar refractivity (Wildman–Crippen MR) is 116 cm³/mol. The summed E-state index contributed by atoms with van der Waals surface area (Å²) in [5.74, 6) is 0.810. The van der Waals surface area contributed by atoms with E-state index in [0.29, 0.717) is 0 Å². The molecule has 6 heteroatoms. The van der Waals surface area contributed by atoms with Crippen molar-refractivity contribution in [3.05, 3.63) is 42.1 Å². The quantitative estimate of drug-likeness (QED) is 0.261. The molecule has 138 valence electrons. The highest BCUT2D eigenvalue weighted by atomic mass is 127. The Hall–Kier alpha value is -1.41. The van der Waals surface area contributed by atoms with E-state index in [2.05, 4.69) is 33.6 Å². The Morgan fingerprint density at radius 3 is 2.72 bits per heavy atom. The number of hydrogen-bond acceptors (Lipinski definition) is 3. The van der Waals surface area contributed by atoms with E-state index in [9.17, 15) is 0 Å². The van der Waals surface area contributed by atoms with Gasteiger partial charge >= 0.3 is 0 Å². The van der Waals surface area contributed by atoms with E-state index in [1.54, 1.807) is 7.05 Å². The molecule has 0 bridgehead atoms. The smallest absolute Gasteiger partial charge is 0.191 e. The molecular formula is C19H29IN4O. The summed E-state index contributed by atoms with van der Waals surface area (Å²) in [7, 11) is 1.79. The molecule has 5 nitrogen and oxygen atoms in total. The summed E-state index contributed by atoms with van der Waals surface area (Å²) in [6, 6.07) is 10.2. The van der Waals surface area contributed by atoms with E-state index in [1.807, 2.05) is 30.5 Å². The van der Waals surface area contributed by atoms with Crippen molar-refractivity contribution >= 4 is 40.8 Å². The number of halogens is 1. The molecule has 0 aliphatic carbocycles. The van der Waals surface area contributed by atoms with Crippen molar-refractivity contribution in [2.75, 3.05) is 26.8 Å². The van der Waals surface area contributed by atoms with E-state index in [-0.39, 0.29) is 24.0 Å². The maximum atomic E-state index is 5.56. The molecule has 0 fully saturated rings. The minimum atomic E-state index is 0. The van der Waals surface area contributed by atoms with E-state index in [1.165, 1.54) is 17.4 Å². The average Bonchev–Trinajstić information content (AvgIpc) is 2.63. The van der Waals surface area contributed by atoms with Gasteiger partial charge in [-0.15, -0.1) is 24.0 Å². The van der Waals surface area contributed by atoms with Crippen LogP contribution in [0.2, 0.25) is 0 Å². The Balaban J connectivity index is 0.00000312. The molecule has 1 heterocycles. The van der Waals surface area contributed by atoms with Crippen molar-refractivity contribution in [1.29, 1.82) is 0 Å². The van der Waals surface area contributed by atoms with Crippen molar-refractivity contribution in [3.63, 3.8) is 0 Å². The lowest BCUT2D eigenvalue weighted by Crippen LogP contribution is -2.37. The van der Waals surface area contributed by atoms with Crippen molar-refractivity contribution in [1.82, 2.24) is 15.6 Å². The van der Waals surface area contributed by atoms with Crippen molar-refractivity contribution in [2.45, 2.75) is 32.7 Å². The zero-order valence-electron chi connectivity index (χ0n) is 15.1. The SMILES string of the molecule is CCCCOCCCNC(=NC)NCc1ccnc2ccccc12.I. The molecule has 0 aliphatic rings. The lowest BCUT2D eigenvalue weighted by atomic mass is 10.1. The zero-order chi connectivity index (χ0) is 17.0. The van der Waals surface area contributed by atoms with Gasteiger partial charge < -0.3 is 15.4 Å². The van der Waals surface area contributed by atoms with Gasteiger partial charge in [0.25, 0.3) is 0 Å². The number of benzene rings is 1. The second-order valence-corrected chi connectivity index (χ2v) is 5.66. The first-order valence-corrected chi connectivity index (χ1v) is 8.70. The van der Waals surface area contributed by atoms with Crippen molar-refractivity contribution in [2.24, 2.45) is 4.99 Å². The fraction of sp³-hybridized carbons (Fsp3) is 0.474. The molecule has 25 heavy (non-hydrogen) atoms. The third-order valence-corrected chi connectivity index (χ3v) is 3.81. The fourth-order valence-corrected chi connectivity index (χ4v) is 2.44. The first-order valence-electron chi connectivity index (χ1n) is 8.70. The summed E-state index contributed by atoms with van der Waals surface area (Å²) < 4.78 is 5.56. The van der Waals surface area contributed by atoms with Gasteiger partial charge in [-0.05, 0) is 30.5 Å². The summed E-state index contributed by atoms with van der Waals surface area (Å²) in [4.78, 5) is 8.66. The summed E-state index contributed by atoms with van der Waals surface area (Å²) >= 11 is 0. The highest BCUT2D eigenvalue weighted by Crippen LogP contribution is 2.15. The summed E-state index contributed by atoms with van der Waals surface area (Å²) in [6.07, 6.45) is 5.14. The van der Waals surface area contributed by atoms with Crippen LogP contribution in [0.15, 0.2) is 41.5 Å².